The Bertz CT molecular complexity index is 831. The zero-order chi connectivity index (χ0) is 17.9. The second-order valence-corrected chi connectivity index (χ2v) is 6.51. The highest BCUT2D eigenvalue weighted by molar-refractivity contribution is 6.23. The SMILES string of the molecule is CC(=O)Oc1ccc(N2C(=O)[C@@H]3[C@H](C2=O)[C@@H]2C=C[C@H]3C2)cc1[N+](=O)[O-]. The number of allylic oxidation sites excluding steroid dienone is 2. The van der Waals surface area contributed by atoms with Gasteiger partial charge in [-0.25, -0.2) is 4.90 Å². The molecule has 1 heterocycles. The molecule has 2 aliphatic carbocycles. The summed E-state index contributed by atoms with van der Waals surface area (Å²) in [6.07, 6.45) is 4.77. The van der Waals surface area contributed by atoms with E-state index in [1.807, 2.05) is 12.2 Å². The predicted molar refractivity (Wildman–Crippen MR) is 84.6 cm³/mol. The number of carbonyl (C=O) groups excluding carboxylic acids is 3. The number of rotatable bonds is 3. The second kappa shape index (κ2) is 5.23. The second-order valence-electron chi connectivity index (χ2n) is 6.51. The van der Waals surface area contributed by atoms with Crippen LogP contribution in [0.1, 0.15) is 13.3 Å². The van der Waals surface area contributed by atoms with Gasteiger partial charge in [-0.2, -0.15) is 0 Å². The summed E-state index contributed by atoms with van der Waals surface area (Å²) in [5, 5.41) is 11.3. The minimum atomic E-state index is -0.709. The minimum Gasteiger partial charge on any atom is -0.419 e. The molecule has 128 valence electrons. The molecule has 2 fully saturated rings. The van der Waals surface area contributed by atoms with Gasteiger partial charge in [0.25, 0.3) is 0 Å². The molecule has 1 aromatic carbocycles. The third kappa shape index (κ3) is 2.17. The summed E-state index contributed by atoms with van der Waals surface area (Å²) < 4.78 is 4.82. The van der Waals surface area contributed by atoms with E-state index >= 15 is 0 Å². The van der Waals surface area contributed by atoms with Crippen LogP contribution in [-0.2, 0) is 14.4 Å². The Morgan fingerprint density at radius 1 is 1.20 bits per heavy atom. The van der Waals surface area contributed by atoms with Gasteiger partial charge in [0.15, 0.2) is 0 Å². The van der Waals surface area contributed by atoms with Gasteiger partial charge in [-0.1, -0.05) is 12.2 Å². The van der Waals surface area contributed by atoms with Crippen molar-refractivity contribution in [2.45, 2.75) is 13.3 Å². The average Bonchev–Trinajstić information content (AvgIpc) is 3.21. The van der Waals surface area contributed by atoms with Gasteiger partial charge in [0.1, 0.15) is 0 Å². The van der Waals surface area contributed by atoms with Crippen LogP contribution in [0.2, 0.25) is 0 Å². The van der Waals surface area contributed by atoms with E-state index in [0.717, 1.165) is 24.3 Å². The molecule has 8 heteroatoms. The number of ether oxygens (including phenoxy) is 1. The largest absolute Gasteiger partial charge is 0.419 e. The van der Waals surface area contributed by atoms with Crippen molar-refractivity contribution in [3.63, 3.8) is 0 Å². The monoisotopic (exact) mass is 342 g/mol. The number of nitro groups is 1. The van der Waals surface area contributed by atoms with Crippen molar-refractivity contribution in [1.29, 1.82) is 0 Å². The number of nitrogens with zero attached hydrogens (tertiary/aromatic N) is 2. The van der Waals surface area contributed by atoms with E-state index < -0.39 is 16.6 Å². The van der Waals surface area contributed by atoms with E-state index in [-0.39, 0.29) is 46.9 Å². The van der Waals surface area contributed by atoms with Crippen LogP contribution in [0.15, 0.2) is 30.4 Å². The maximum Gasteiger partial charge on any atom is 0.313 e. The highest BCUT2D eigenvalue weighted by Gasteiger charge is 2.59. The fourth-order valence-corrected chi connectivity index (χ4v) is 4.19. The molecule has 0 N–H and O–H groups in total. The van der Waals surface area contributed by atoms with Crippen LogP contribution in [0, 0.1) is 33.8 Å². The molecule has 4 rings (SSSR count). The Kier molecular flexibility index (Phi) is 3.24. The molecule has 8 nitrogen and oxygen atoms in total. The number of esters is 1. The molecule has 0 aromatic heterocycles. The number of nitro benzene ring substituents is 1. The van der Waals surface area contributed by atoms with Gasteiger partial charge in [-0.3, -0.25) is 24.5 Å². The summed E-state index contributed by atoms with van der Waals surface area (Å²) in [7, 11) is 0. The number of benzene rings is 1. The molecule has 3 aliphatic rings. The molecule has 2 bridgehead atoms. The molecule has 1 saturated heterocycles. The molecule has 0 unspecified atom stereocenters. The van der Waals surface area contributed by atoms with Crippen LogP contribution in [0.5, 0.6) is 5.75 Å². The normalized spacial score (nSPS) is 29.2. The minimum absolute atomic E-state index is 0.0618. The van der Waals surface area contributed by atoms with E-state index in [0.29, 0.717) is 0 Å². The van der Waals surface area contributed by atoms with Crippen LogP contribution in [0.4, 0.5) is 11.4 Å². The molecule has 1 saturated carbocycles. The number of fused-ring (bicyclic) bond motifs is 5. The van der Waals surface area contributed by atoms with Gasteiger partial charge < -0.3 is 4.74 Å². The van der Waals surface area contributed by atoms with E-state index in [2.05, 4.69) is 0 Å². The lowest BCUT2D eigenvalue weighted by Gasteiger charge is -2.17. The molecule has 0 spiro atoms. The van der Waals surface area contributed by atoms with Crippen LogP contribution >= 0.6 is 0 Å². The molecule has 1 aromatic rings. The molecule has 2 amide bonds. The quantitative estimate of drug-likeness (QED) is 0.207. The maximum absolute atomic E-state index is 12.7. The third-order valence-electron chi connectivity index (χ3n) is 5.12. The van der Waals surface area contributed by atoms with Gasteiger partial charge >= 0.3 is 11.7 Å². The van der Waals surface area contributed by atoms with Gasteiger partial charge in [0, 0.05) is 13.0 Å². The molecule has 4 atom stereocenters. The Hall–Kier alpha value is -3.03. The lowest BCUT2D eigenvalue weighted by Crippen LogP contribution is -2.32. The van der Waals surface area contributed by atoms with Gasteiger partial charge in [-0.05, 0) is 30.4 Å². The molecular weight excluding hydrogens is 328 g/mol. The summed E-state index contributed by atoms with van der Waals surface area (Å²) in [5.74, 6) is -2.19. The number of amides is 2. The van der Waals surface area contributed by atoms with Crippen LogP contribution in [-0.4, -0.2) is 22.7 Å². The highest BCUT2D eigenvalue weighted by atomic mass is 16.6. The van der Waals surface area contributed by atoms with E-state index in [4.69, 9.17) is 4.74 Å². The van der Waals surface area contributed by atoms with Crippen LogP contribution in [0.3, 0.4) is 0 Å². The first-order chi connectivity index (χ1) is 11.9. The lowest BCUT2D eigenvalue weighted by atomic mass is 9.85. The summed E-state index contributed by atoms with van der Waals surface area (Å²) in [5.41, 5.74) is -0.335. The van der Waals surface area contributed by atoms with Crippen molar-refractivity contribution in [3.8, 4) is 5.75 Å². The Morgan fingerprint density at radius 3 is 2.32 bits per heavy atom. The van der Waals surface area contributed by atoms with E-state index in [1.165, 1.54) is 12.1 Å². The predicted octanol–water partition coefficient (Wildman–Crippen LogP) is 1.83. The lowest BCUT2D eigenvalue weighted by molar-refractivity contribution is -0.385. The number of hydrogen-bond acceptors (Lipinski definition) is 6. The summed E-state index contributed by atoms with van der Waals surface area (Å²) in [4.78, 5) is 48.2. The topological polar surface area (TPSA) is 107 Å². The van der Waals surface area contributed by atoms with Crippen molar-refractivity contribution in [2.75, 3.05) is 4.90 Å². The summed E-state index contributed by atoms with van der Waals surface area (Å²) in [6, 6.07) is 3.72. The molecular formula is C17H14N2O6. The number of anilines is 1. The first-order valence-electron chi connectivity index (χ1n) is 7.91. The number of carbonyl (C=O) groups is 3. The third-order valence-corrected chi connectivity index (χ3v) is 5.12. The molecule has 25 heavy (non-hydrogen) atoms. The number of hydrogen-bond donors (Lipinski definition) is 0. The Balaban J connectivity index is 1.72. The van der Waals surface area contributed by atoms with Crippen molar-refractivity contribution in [2.24, 2.45) is 23.7 Å². The highest BCUT2D eigenvalue weighted by Crippen LogP contribution is 2.53. The van der Waals surface area contributed by atoms with E-state index in [1.54, 1.807) is 0 Å². The summed E-state index contributed by atoms with van der Waals surface area (Å²) in [6.45, 7) is 1.13. The zero-order valence-electron chi connectivity index (χ0n) is 13.2. The number of imide groups is 1. The van der Waals surface area contributed by atoms with E-state index in [9.17, 15) is 24.5 Å². The standard InChI is InChI=1S/C17H14N2O6/c1-8(20)25-13-5-4-11(7-12(13)19(23)24)18-16(21)14-9-2-3-10(6-9)15(14)17(18)22/h2-5,7,9-10,14-15H,6H2,1H3/t9-,10+,14-,15+. The van der Waals surface area contributed by atoms with Crippen LogP contribution < -0.4 is 9.64 Å². The van der Waals surface area contributed by atoms with Gasteiger partial charge in [0.2, 0.25) is 17.6 Å². The maximum atomic E-state index is 12.7. The Labute approximate surface area is 142 Å². The average molecular weight is 342 g/mol. The fraction of sp³-hybridized carbons (Fsp3) is 0.353. The molecule has 0 radical (unpaired) electrons. The van der Waals surface area contributed by atoms with Crippen molar-refractivity contribution < 1.29 is 24.0 Å². The van der Waals surface area contributed by atoms with Gasteiger partial charge in [0.05, 0.1) is 22.4 Å². The smallest absolute Gasteiger partial charge is 0.313 e. The van der Waals surface area contributed by atoms with Gasteiger partial charge in [-0.15, -0.1) is 0 Å². The zero-order valence-corrected chi connectivity index (χ0v) is 13.2. The Morgan fingerprint density at radius 2 is 1.80 bits per heavy atom. The van der Waals surface area contributed by atoms with Crippen LogP contribution in [0.25, 0.3) is 0 Å². The first-order valence-corrected chi connectivity index (χ1v) is 7.91. The van der Waals surface area contributed by atoms with Crippen molar-refractivity contribution >= 4 is 29.2 Å². The fourth-order valence-electron chi connectivity index (χ4n) is 4.19. The molecule has 1 aliphatic heterocycles. The first kappa shape index (κ1) is 15.5. The van der Waals surface area contributed by atoms with Crippen molar-refractivity contribution in [1.82, 2.24) is 0 Å². The summed E-state index contributed by atoms with van der Waals surface area (Å²) >= 11 is 0. The van der Waals surface area contributed by atoms with Crippen molar-refractivity contribution in [3.05, 3.63) is 40.5 Å².